The fourth-order valence-corrected chi connectivity index (χ4v) is 4.28. The molecular weight excluding hydrogens is 358 g/mol. The highest BCUT2D eigenvalue weighted by molar-refractivity contribution is 5.82. The maximum Gasteiger partial charge on any atom is 0.269 e. The number of hydrogen-bond donors (Lipinski definition) is 1. The molecule has 0 unspecified atom stereocenters. The van der Waals surface area contributed by atoms with Gasteiger partial charge in [0.05, 0.1) is 16.9 Å². The van der Waals surface area contributed by atoms with Gasteiger partial charge in [0, 0.05) is 50.2 Å². The molecule has 1 aromatic carbocycles. The van der Waals surface area contributed by atoms with Crippen LogP contribution in [-0.2, 0) is 11.2 Å². The summed E-state index contributed by atoms with van der Waals surface area (Å²) in [5.74, 6) is 0.643. The lowest BCUT2D eigenvalue weighted by atomic mass is 9.83. The van der Waals surface area contributed by atoms with Crippen molar-refractivity contribution in [1.82, 2.24) is 10.3 Å². The van der Waals surface area contributed by atoms with E-state index in [1.54, 1.807) is 18.3 Å². The number of benzene rings is 1. The smallest absolute Gasteiger partial charge is 0.269 e. The summed E-state index contributed by atoms with van der Waals surface area (Å²) in [4.78, 5) is 32.5. The monoisotopic (exact) mass is 381 g/mol. The number of fused-ring (bicyclic) bond motifs is 3. The summed E-state index contributed by atoms with van der Waals surface area (Å²) in [5.41, 5.74) is 1.93. The van der Waals surface area contributed by atoms with Crippen molar-refractivity contribution in [2.45, 2.75) is 19.4 Å². The van der Waals surface area contributed by atoms with Gasteiger partial charge in [0.25, 0.3) is 5.69 Å². The molecule has 8 nitrogen and oxygen atoms in total. The van der Waals surface area contributed by atoms with Gasteiger partial charge in [-0.2, -0.15) is 0 Å². The van der Waals surface area contributed by atoms with Crippen LogP contribution in [0.1, 0.15) is 12.5 Å². The molecule has 1 saturated heterocycles. The Labute approximate surface area is 163 Å². The fraction of sp³-hybridized carbons (Fsp3) is 0.400. The third kappa shape index (κ3) is 3.26. The maximum absolute atomic E-state index is 12.8. The molecule has 4 rings (SSSR count). The lowest BCUT2D eigenvalue weighted by Crippen LogP contribution is -2.61. The molecule has 2 aromatic rings. The number of piperazine rings is 1. The van der Waals surface area contributed by atoms with Gasteiger partial charge in [-0.1, -0.05) is 6.07 Å². The average molecular weight is 381 g/mol. The second kappa shape index (κ2) is 7.46. The van der Waals surface area contributed by atoms with Crippen LogP contribution in [0.25, 0.3) is 0 Å². The summed E-state index contributed by atoms with van der Waals surface area (Å²) in [6.07, 6.45) is 2.28. The molecule has 0 spiro atoms. The number of nitro groups is 1. The van der Waals surface area contributed by atoms with E-state index >= 15 is 0 Å². The summed E-state index contributed by atoms with van der Waals surface area (Å²) >= 11 is 0. The van der Waals surface area contributed by atoms with E-state index in [1.807, 2.05) is 31.2 Å². The van der Waals surface area contributed by atoms with Crippen LogP contribution in [0.4, 0.5) is 17.2 Å². The second-order valence-corrected chi connectivity index (χ2v) is 7.17. The summed E-state index contributed by atoms with van der Waals surface area (Å²) in [6, 6.07) is 10.8. The first-order valence-corrected chi connectivity index (χ1v) is 9.56. The zero-order valence-corrected chi connectivity index (χ0v) is 15.7. The minimum atomic E-state index is -0.382. The molecule has 0 aliphatic carbocycles. The molecule has 1 fully saturated rings. The number of rotatable bonds is 4. The Hall–Kier alpha value is -3.16. The number of nitro benzene ring substituents is 1. The first-order valence-electron chi connectivity index (χ1n) is 9.56. The largest absolute Gasteiger partial charge is 0.364 e. The molecule has 0 bridgehead atoms. The highest BCUT2D eigenvalue weighted by atomic mass is 16.6. The van der Waals surface area contributed by atoms with Gasteiger partial charge >= 0.3 is 0 Å². The number of pyridine rings is 1. The van der Waals surface area contributed by atoms with Crippen LogP contribution in [0, 0.1) is 16.0 Å². The number of anilines is 2. The van der Waals surface area contributed by atoms with E-state index in [2.05, 4.69) is 20.1 Å². The molecule has 8 heteroatoms. The zero-order chi connectivity index (χ0) is 19.7. The lowest BCUT2D eigenvalue weighted by molar-refractivity contribution is -0.384. The van der Waals surface area contributed by atoms with Crippen molar-refractivity contribution in [3.05, 3.63) is 58.3 Å². The van der Waals surface area contributed by atoms with Crippen LogP contribution in [0.3, 0.4) is 0 Å². The molecule has 2 aliphatic heterocycles. The first-order chi connectivity index (χ1) is 13.6. The maximum atomic E-state index is 12.8. The molecule has 1 amide bonds. The molecule has 2 aliphatic rings. The number of carbonyl (C=O) groups excluding carboxylic acids is 1. The van der Waals surface area contributed by atoms with E-state index in [-0.39, 0.29) is 28.5 Å². The van der Waals surface area contributed by atoms with Crippen molar-refractivity contribution in [1.29, 1.82) is 0 Å². The zero-order valence-electron chi connectivity index (χ0n) is 15.7. The summed E-state index contributed by atoms with van der Waals surface area (Å²) in [5, 5.41) is 14.1. The van der Waals surface area contributed by atoms with Gasteiger partial charge in [-0.3, -0.25) is 14.9 Å². The lowest BCUT2D eigenvalue weighted by Gasteiger charge is -2.49. The predicted octanol–water partition coefficient (Wildman–Crippen LogP) is 1.99. The van der Waals surface area contributed by atoms with Gasteiger partial charge in [-0.15, -0.1) is 0 Å². The SMILES string of the molecule is CCNC(=O)[C@H]1Cc2cc([N+](=O)[O-])ccc2N2CCN(c3ccccn3)C[C@H]12. The quantitative estimate of drug-likeness (QED) is 0.643. The predicted molar refractivity (Wildman–Crippen MR) is 107 cm³/mol. The molecule has 3 heterocycles. The van der Waals surface area contributed by atoms with E-state index in [4.69, 9.17) is 0 Å². The Morgan fingerprint density at radius 3 is 2.89 bits per heavy atom. The van der Waals surface area contributed by atoms with Crippen LogP contribution < -0.4 is 15.1 Å². The third-order valence-electron chi connectivity index (χ3n) is 5.57. The highest BCUT2D eigenvalue weighted by Gasteiger charge is 2.42. The number of carbonyl (C=O) groups is 1. The minimum absolute atomic E-state index is 0.00229. The van der Waals surface area contributed by atoms with Crippen molar-refractivity contribution >= 4 is 23.1 Å². The molecule has 146 valence electrons. The van der Waals surface area contributed by atoms with Gasteiger partial charge in [0.2, 0.25) is 5.91 Å². The Morgan fingerprint density at radius 1 is 1.32 bits per heavy atom. The summed E-state index contributed by atoms with van der Waals surface area (Å²) in [7, 11) is 0. The van der Waals surface area contributed by atoms with Crippen LogP contribution in [0.2, 0.25) is 0 Å². The normalized spacial score (nSPS) is 20.9. The molecule has 1 aromatic heterocycles. The Bertz CT molecular complexity index is 889. The minimum Gasteiger partial charge on any atom is -0.364 e. The molecule has 0 radical (unpaired) electrons. The Balaban J connectivity index is 1.68. The van der Waals surface area contributed by atoms with Crippen molar-refractivity contribution < 1.29 is 9.72 Å². The van der Waals surface area contributed by atoms with Gasteiger partial charge in [0.15, 0.2) is 0 Å². The van der Waals surface area contributed by atoms with Crippen LogP contribution >= 0.6 is 0 Å². The summed E-state index contributed by atoms with van der Waals surface area (Å²) < 4.78 is 0. The van der Waals surface area contributed by atoms with Gasteiger partial charge in [-0.25, -0.2) is 4.98 Å². The third-order valence-corrected chi connectivity index (χ3v) is 5.57. The second-order valence-electron chi connectivity index (χ2n) is 7.17. The van der Waals surface area contributed by atoms with Crippen molar-refractivity contribution in [2.24, 2.45) is 5.92 Å². The molecule has 28 heavy (non-hydrogen) atoms. The Morgan fingerprint density at radius 2 is 2.18 bits per heavy atom. The van der Waals surface area contributed by atoms with Crippen molar-refractivity contribution in [2.75, 3.05) is 36.0 Å². The van der Waals surface area contributed by atoms with E-state index in [0.717, 1.165) is 30.2 Å². The van der Waals surface area contributed by atoms with E-state index in [1.165, 1.54) is 0 Å². The fourth-order valence-electron chi connectivity index (χ4n) is 4.28. The van der Waals surface area contributed by atoms with E-state index in [9.17, 15) is 14.9 Å². The number of aromatic nitrogens is 1. The van der Waals surface area contributed by atoms with Gasteiger partial charge in [-0.05, 0) is 37.1 Å². The molecule has 1 N–H and O–H groups in total. The van der Waals surface area contributed by atoms with Crippen LogP contribution in [-0.4, -0.2) is 48.0 Å². The van der Waals surface area contributed by atoms with Gasteiger partial charge < -0.3 is 15.1 Å². The molecule has 0 saturated carbocycles. The van der Waals surface area contributed by atoms with Crippen molar-refractivity contribution in [3.63, 3.8) is 0 Å². The van der Waals surface area contributed by atoms with Crippen LogP contribution in [0.5, 0.6) is 0 Å². The number of nitrogens with zero attached hydrogens (tertiary/aromatic N) is 4. The first kappa shape index (κ1) is 18.2. The topological polar surface area (TPSA) is 91.6 Å². The number of non-ortho nitro benzene ring substituents is 1. The van der Waals surface area contributed by atoms with Gasteiger partial charge in [0.1, 0.15) is 5.82 Å². The van der Waals surface area contributed by atoms with E-state index < -0.39 is 0 Å². The summed E-state index contributed by atoms with van der Waals surface area (Å²) in [6.45, 7) is 4.68. The van der Waals surface area contributed by atoms with Crippen molar-refractivity contribution in [3.8, 4) is 0 Å². The Kier molecular flexibility index (Phi) is 4.85. The average Bonchev–Trinajstić information content (AvgIpc) is 2.73. The highest BCUT2D eigenvalue weighted by Crippen LogP contribution is 2.38. The standard InChI is InChI=1S/C20H23N5O3/c1-2-21-20(26)16-12-14-11-15(25(27)28)6-7-17(14)24-10-9-23(13-18(16)24)19-5-3-4-8-22-19/h3-8,11,16,18H,2,9-10,12-13H2,1H3,(H,21,26)/t16-,18+/m0/s1. The number of nitrogens with one attached hydrogen (secondary N) is 1. The molecular formula is C20H23N5O3. The van der Waals surface area contributed by atoms with Crippen LogP contribution in [0.15, 0.2) is 42.6 Å². The number of hydrogen-bond acceptors (Lipinski definition) is 6. The number of amides is 1. The van der Waals surface area contributed by atoms with E-state index in [0.29, 0.717) is 19.5 Å². The molecule has 2 atom stereocenters.